The maximum atomic E-state index is 11.2. The van der Waals surface area contributed by atoms with Crippen molar-refractivity contribution in [2.45, 2.75) is 40.2 Å². The quantitative estimate of drug-likeness (QED) is 0.802. The largest absolute Gasteiger partial charge is 0.370 e. The fourth-order valence-corrected chi connectivity index (χ4v) is 2.60. The molecule has 2 unspecified atom stereocenters. The van der Waals surface area contributed by atoms with Gasteiger partial charge in [0.25, 0.3) is 0 Å². The molecule has 0 radical (unpaired) electrons. The Morgan fingerprint density at radius 1 is 1.26 bits per heavy atom. The Morgan fingerprint density at radius 2 is 1.89 bits per heavy atom. The summed E-state index contributed by atoms with van der Waals surface area (Å²) in [6.45, 7) is 8.90. The van der Waals surface area contributed by atoms with Crippen molar-refractivity contribution in [3.8, 4) is 0 Å². The minimum absolute atomic E-state index is 0.123. The van der Waals surface area contributed by atoms with Gasteiger partial charge in [-0.25, -0.2) is 9.97 Å². The van der Waals surface area contributed by atoms with Crippen molar-refractivity contribution in [3.63, 3.8) is 0 Å². The second kappa shape index (κ2) is 7.43. The van der Waals surface area contributed by atoms with Crippen LogP contribution in [0.1, 0.15) is 31.7 Å². The van der Waals surface area contributed by atoms with E-state index in [0.29, 0.717) is 5.75 Å². The van der Waals surface area contributed by atoms with Crippen LogP contribution in [0, 0.1) is 13.8 Å². The summed E-state index contributed by atoms with van der Waals surface area (Å²) in [5.41, 5.74) is 1.01. The van der Waals surface area contributed by atoms with Crippen molar-refractivity contribution in [3.05, 3.63) is 11.4 Å². The van der Waals surface area contributed by atoms with Gasteiger partial charge in [0.15, 0.2) is 0 Å². The zero-order valence-corrected chi connectivity index (χ0v) is 13.2. The number of aryl methyl sites for hydroxylation is 1. The number of rotatable bonds is 7. The third-order valence-corrected chi connectivity index (χ3v) is 3.64. The predicted molar refractivity (Wildman–Crippen MR) is 82.3 cm³/mol. The molecule has 0 aliphatic carbocycles. The summed E-state index contributed by atoms with van der Waals surface area (Å²) in [7, 11) is -0.813. The number of aromatic nitrogens is 2. The zero-order valence-electron chi connectivity index (χ0n) is 12.4. The van der Waals surface area contributed by atoms with E-state index in [1.807, 2.05) is 20.8 Å². The highest BCUT2D eigenvalue weighted by Gasteiger charge is 2.12. The monoisotopic (exact) mass is 284 g/mol. The van der Waals surface area contributed by atoms with Crippen LogP contribution in [0.5, 0.6) is 0 Å². The second-order valence-corrected chi connectivity index (χ2v) is 6.28. The first-order valence-corrected chi connectivity index (χ1v) is 8.32. The van der Waals surface area contributed by atoms with Gasteiger partial charge in [0.1, 0.15) is 17.5 Å². The van der Waals surface area contributed by atoms with E-state index in [-0.39, 0.29) is 6.04 Å². The van der Waals surface area contributed by atoms with E-state index in [0.717, 1.165) is 36.0 Å². The molecule has 6 heteroatoms. The summed E-state index contributed by atoms with van der Waals surface area (Å²) in [4.78, 5) is 8.84. The third kappa shape index (κ3) is 5.14. The first-order chi connectivity index (χ1) is 8.93. The van der Waals surface area contributed by atoms with Crippen LogP contribution in [-0.2, 0) is 10.8 Å². The lowest BCUT2D eigenvalue weighted by Crippen LogP contribution is -2.24. The molecule has 108 valence electrons. The van der Waals surface area contributed by atoms with Crippen LogP contribution in [0.2, 0.25) is 0 Å². The van der Waals surface area contributed by atoms with Crippen molar-refractivity contribution >= 4 is 22.4 Å². The van der Waals surface area contributed by atoms with Crippen molar-refractivity contribution in [2.24, 2.45) is 0 Å². The third-order valence-electron chi connectivity index (χ3n) is 2.67. The van der Waals surface area contributed by atoms with Gasteiger partial charge in [-0.3, -0.25) is 4.21 Å². The van der Waals surface area contributed by atoms with Crippen LogP contribution in [0.3, 0.4) is 0 Å². The van der Waals surface area contributed by atoms with E-state index in [9.17, 15) is 4.21 Å². The van der Waals surface area contributed by atoms with Crippen molar-refractivity contribution in [1.82, 2.24) is 9.97 Å². The van der Waals surface area contributed by atoms with Gasteiger partial charge in [-0.15, -0.1) is 0 Å². The zero-order chi connectivity index (χ0) is 14.4. The molecule has 0 spiro atoms. The average Bonchev–Trinajstić information content (AvgIpc) is 2.30. The number of nitrogens with zero attached hydrogens (tertiary/aromatic N) is 2. The number of nitrogens with one attached hydrogen (secondary N) is 2. The van der Waals surface area contributed by atoms with Gasteiger partial charge in [-0.1, -0.05) is 6.92 Å². The van der Waals surface area contributed by atoms with E-state index in [1.165, 1.54) is 0 Å². The minimum Gasteiger partial charge on any atom is -0.370 e. The topological polar surface area (TPSA) is 66.9 Å². The molecule has 1 rings (SSSR count). The van der Waals surface area contributed by atoms with E-state index < -0.39 is 10.8 Å². The standard InChI is InChI=1S/C13H24N4OS/c1-6-7-14-12-10(3)13(17-11(4)16-12)15-9(2)8-19(5)18/h9H,6-8H2,1-5H3,(H2,14,15,16,17). The average molecular weight is 284 g/mol. The molecular weight excluding hydrogens is 260 g/mol. The van der Waals surface area contributed by atoms with Gasteiger partial charge < -0.3 is 10.6 Å². The van der Waals surface area contributed by atoms with Gasteiger partial charge in [0.2, 0.25) is 0 Å². The van der Waals surface area contributed by atoms with Crippen molar-refractivity contribution < 1.29 is 4.21 Å². The molecule has 19 heavy (non-hydrogen) atoms. The molecule has 0 aliphatic heterocycles. The summed E-state index contributed by atoms with van der Waals surface area (Å²) in [5.74, 6) is 3.04. The van der Waals surface area contributed by atoms with Crippen molar-refractivity contribution in [1.29, 1.82) is 0 Å². The first kappa shape index (κ1) is 15.9. The lowest BCUT2D eigenvalue weighted by Gasteiger charge is -2.17. The molecule has 0 saturated heterocycles. The highest BCUT2D eigenvalue weighted by molar-refractivity contribution is 7.84. The van der Waals surface area contributed by atoms with E-state index in [4.69, 9.17) is 0 Å². The number of anilines is 2. The molecule has 0 aromatic carbocycles. The Bertz CT molecular complexity index is 451. The fourth-order valence-electron chi connectivity index (χ4n) is 1.81. The van der Waals surface area contributed by atoms with E-state index in [1.54, 1.807) is 6.26 Å². The normalized spacial score (nSPS) is 13.9. The van der Waals surface area contributed by atoms with Crippen LogP contribution in [0.25, 0.3) is 0 Å². The highest BCUT2D eigenvalue weighted by atomic mass is 32.2. The predicted octanol–water partition coefficient (Wildman–Crippen LogP) is 2.09. The van der Waals surface area contributed by atoms with Gasteiger partial charge in [-0.05, 0) is 27.2 Å². The van der Waals surface area contributed by atoms with E-state index in [2.05, 4.69) is 27.5 Å². The molecule has 0 amide bonds. The van der Waals surface area contributed by atoms with Gasteiger partial charge in [-0.2, -0.15) is 0 Å². The van der Waals surface area contributed by atoms with E-state index >= 15 is 0 Å². The Labute approximate surface area is 118 Å². The molecule has 1 aromatic rings. The lowest BCUT2D eigenvalue weighted by atomic mass is 10.2. The molecule has 0 fully saturated rings. The van der Waals surface area contributed by atoms with Gasteiger partial charge in [0, 0.05) is 41.0 Å². The second-order valence-electron chi connectivity index (χ2n) is 4.81. The van der Waals surface area contributed by atoms with Crippen LogP contribution in [-0.4, -0.2) is 38.8 Å². The summed E-state index contributed by atoms with van der Waals surface area (Å²) in [6.07, 6.45) is 2.76. The summed E-state index contributed by atoms with van der Waals surface area (Å²) in [5, 5.41) is 6.62. The smallest absolute Gasteiger partial charge is 0.134 e. The molecule has 1 heterocycles. The Kier molecular flexibility index (Phi) is 6.21. The molecule has 0 saturated carbocycles. The first-order valence-electron chi connectivity index (χ1n) is 6.59. The molecule has 0 bridgehead atoms. The summed E-state index contributed by atoms with van der Waals surface area (Å²) in [6, 6.07) is 0.123. The Hall–Kier alpha value is -1.17. The van der Waals surface area contributed by atoms with Crippen LogP contribution >= 0.6 is 0 Å². The van der Waals surface area contributed by atoms with Crippen molar-refractivity contribution in [2.75, 3.05) is 29.2 Å². The highest BCUT2D eigenvalue weighted by Crippen LogP contribution is 2.20. The molecule has 0 aliphatic rings. The number of hydrogen-bond donors (Lipinski definition) is 2. The van der Waals surface area contributed by atoms with Gasteiger partial charge >= 0.3 is 0 Å². The maximum absolute atomic E-state index is 11.2. The molecule has 2 N–H and O–H groups in total. The molecule has 2 atom stereocenters. The fraction of sp³-hybridized carbons (Fsp3) is 0.692. The summed E-state index contributed by atoms with van der Waals surface area (Å²) >= 11 is 0. The Balaban J connectivity index is 2.87. The minimum atomic E-state index is -0.813. The van der Waals surface area contributed by atoms with Crippen LogP contribution < -0.4 is 10.6 Å². The lowest BCUT2D eigenvalue weighted by molar-refractivity contribution is 0.682. The maximum Gasteiger partial charge on any atom is 0.134 e. The van der Waals surface area contributed by atoms with Crippen LogP contribution in [0.4, 0.5) is 11.6 Å². The SMILES string of the molecule is CCCNc1nc(C)nc(NC(C)CS(C)=O)c1C. The molecule has 1 aromatic heterocycles. The van der Waals surface area contributed by atoms with Crippen LogP contribution in [0.15, 0.2) is 0 Å². The Morgan fingerprint density at radius 3 is 2.47 bits per heavy atom. The number of hydrogen-bond acceptors (Lipinski definition) is 5. The van der Waals surface area contributed by atoms with Gasteiger partial charge in [0.05, 0.1) is 0 Å². The summed E-state index contributed by atoms with van der Waals surface area (Å²) < 4.78 is 11.2. The molecule has 5 nitrogen and oxygen atoms in total. The molecular formula is C13H24N4OS.